The number of nitrogens with zero attached hydrogens (tertiary/aromatic N) is 2. The molecule has 1 unspecified atom stereocenters. The van der Waals surface area contributed by atoms with Crippen LogP contribution < -0.4 is 4.74 Å². The fourth-order valence-corrected chi connectivity index (χ4v) is 2.47. The summed E-state index contributed by atoms with van der Waals surface area (Å²) >= 11 is 0. The number of ether oxygens (including phenoxy) is 1. The van der Waals surface area contributed by atoms with Gasteiger partial charge in [0.1, 0.15) is 5.75 Å². The highest BCUT2D eigenvalue weighted by Crippen LogP contribution is 2.25. The Hall–Kier alpha value is -2.11. The summed E-state index contributed by atoms with van der Waals surface area (Å²) in [5.74, 6) is -0.137. The summed E-state index contributed by atoms with van der Waals surface area (Å²) in [5.41, 5.74) is 0.501. The van der Waals surface area contributed by atoms with Gasteiger partial charge in [-0.2, -0.15) is 0 Å². The maximum absolute atomic E-state index is 12.4. The summed E-state index contributed by atoms with van der Waals surface area (Å²) in [4.78, 5) is 28.7. The van der Waals surface area contributed by atoms with Crippen molar-refractivity contribution in [1.82, 2.24) is 9.88 Å². The summed E-state index contributed by atoms with van der Waals surface area (Å²) in [6, 6.07) is 1.64. The number of aromatic nitrogens is 1. The van der Waals surface area contributed by atoms with Gasteiger partial charge in [-0.3, -0.25) is 14.6 Å². The second kappa shape index (κ2) is 6.36. The maximum Gasteiger partial charge on any atom is 0.303 e. The van der Waals surface area contributed by atoms with E-state index in [2.05, 4.69) is 4.98 Å². The quantitative estimate of drug-likeness (QED) is 0.881. The van der Waals surface area contributed by atoms with Crippen molar-refractivity contribution < 1.29 is 19.4 Å². The number of carboxylic acid groups (broad SMARTS) is 1. The zero-order valence-electron chi connectivity index (χ0n) is 11.4. The van der Waals surface area contributed by atoms with Gasteiger partial charge in [-0.25, -0.2) is 0 Å². The first kappa shape index (κ1) is 14.3. The summed E-state index contributed by atoms with van der Waals surface area (Å²) in [7, 11) is 1.51. The van der Waals surface area contributed by atoms with E-state index in [4.69, 9.17) is 9.84 Å². The lowest BCUT2D eigenvalue weighted by Gasteiger charge is -2.17. The number of amides is 1. The molecule has 1 aromatic rings. The van der Waals surface area contributed by atoms with Crippen LogP contribution in [-0.2, 0) is 4.79 Å². The highest BCUT2D eigenvalue weighted by atomic mass is 16.5. The zero-order valence-corrected chi connectivity index (χ0v) is 11.4. The Morgan fingerprint density at radius 2 is 2.35 bits per heavy atom. The SMILES string of the molecule is COc1cnccc1C(=O)N1CCC(CCC(=O)O)C1. The molecule has 1 aliphatic heterocycles. The number of likely N-dealkylation sites (tertiary alicyclic amines) is 1. The molecule has 1 aliphatic rings. The number of aliphatic carboxylic acids is 1. The van der Waals surface area contributed by atoms with E-state index in [0.717, 1.165) is 6.42 Å². The molecule has 1 fully saturated rings. The lowest BCUT2D eigenvalue weighted by atomic mass is 10.0. The third-order valence-electron chi connectivity index (χ3n) is 3.57. The van der Waals surface area contributed by atoms with Gasteiger partial charge in [0, 0.05) is 25.7 Å². The van der Waals surface area contributed by atoms with Gasteiger partial charge in [0.15, 0.2) is 0 Å². The van der Waals surface area contributed by atoms with Crippen molar-refractivity contribution in [1.29, 1.82) is 0 Å². The lowest BCUT2D eigenvalue weighted by Crippen LogP contribution is -2.29. The summed E-state index contributed by atoms with van der Waals surface area (Å²) in [5, 5.41) is 8.69. The highest BCUT2D eigenvalue weighted by Gasteiger charge is 2.28. The first-order valence-corrected chi connectivity index (χ1v) is 6.61. The Morgan fingerprint density at radius 1 is 1.55 bits per heavy atom. The van der Waals surface area contributed by atoms with Gasteiger partial charge < -0.3 is 14.7 Å². The number of carbonyl (C=O) groups is 2. The average molecular weight is 278 g/mol. The minimum atomic E-state index is -0.787. The molecule has 108 valence electrons. The fraction of sp³-hybridized carbons (Fsp3) is 0.500. The topological polar surface area (TPSA) is 79.7 Å². The molecule has 1 aromatic heterocycles. The van der Waals surface area contributed by atoms with E-state index in [9.17, 15) is 9.59 Å². The van der Waals surface area contributed by atoms with Crippen molar-refractivity contribution in [2.45, 2.75) is 19.3 Å². The van der Waals surface area contributed by atoms with Crippen molar-refractivity contribution in [3.8, 4) is 5.75 Å². The molecule has 1 N–H and O–H groups in total. The van der Waals surface area contributed by atoms with Crippen LogP contribution in [0.25, 0.3) is 0 Å². The molecule has 0 bridgehead atoms. The molecule has 0 radical (unpaired) electrons. The third-order valence-corrected chi connectivity index (χ3v) is 3.57. The molecule has 2 rings (SSSR count). The molecule has 0 aliphatic carbocycles. The molecule has 0 aromatic carbocycles. The van der Waals surface area contributed by atoms with Gasteiger partial charge >= 0.3 is 5.97 Å². The van der Waals surface area contributed by atoms with Crippen molar-refractivity contribution in [2.24, 2.45) is 5.92 Å². The predicted molar refractivity (Wildman–Crippen MR) is 71.7 cm³/mol. The van der Waals surface area contributed by atoms with Crippen LogP contribution in [0.1, 0.15) is 29.6 Å². The van der Waals surface area contributed by atoms with Crippen LogP contribution in [0.15, 0.2) is 18.5 Å². The number of rotatable bonds is 5. The molecule has 20 heavy (non-hydrogen) atoms. The standard InChI is InChI=1S/C14H18N2O4/c1-20-12-8-15-6-4-11(12)14(19)16-7-5-10(9-16)2-3-13(17)18/h4,6,8,10H,2-3,5,7,9H2,1H3,(H,17,18). The van der Waals surface area contributed by atoms with Gasteiger partial charge in [-0.15, -0.1) is 0 Å². The van der Waals surface area contributed by atoms with E-state index >= 15 is 0 Å². The Balaban J connectivity index is 1.99. The predicted octanol–water partition coefficient (Wildman–Crippen LogP) is 1.42. The van der Waals surface area contributed by atoms with Crippen LogP contribution in [-0.4, -0.2) is 47.1 Å². The molecule has 1 atom stereocenters. The van der Waals surface area contributed by atoms with E-state index < -0.39 is 5.97 Å². The Bertz CT molecular complexity index is 504. The molecule has 2 heterocycles. The van der Waals surface area contributed by atoms with Gasteiger partial charge in [-0.05, 0) is 24.8 Å². The molecule has 0 spiro atoms. The highest BCUT2D eigenvalue weighted by molar-refractivity contribution is 5.96. The molecule has 6 heteroatoms. The second-order valence-corrected chi connectivity index (χ2v) is 4.91. The van der Waals surface area contributed by atoms with E-state index in [1.165, 1.54) is 13.3 Å². The van der Waals surface area contributed by atoms with E-state index in [1.807, 2.05) is 0 Å². The normalized spacial score (nSPS) is 18.1. The molecule has 0 saturated carbocycles. The maximum atomic E-state index is 12.4. The number of carbonyl (C=O) groups excluding carboxylic acids is 1. The second-order valence-electron chi connectivity index (χ2n) is 4.91. The first-order valence-electron chi connectivity index (χ1n) is 6.61. The minimum Gasteiger partial charge on any atom is -0.494 e. The van der Waals surface area contributed by atoms with Crippen LogP contribution >= 0.6 is 0 Å². The van der Waals surface area contributed by atoms with Gasteiger partial charge in [0.2, 0.25) is 0 Å². The van der Waals surface area contributed by atoms with E-state index in [-0.39, 0.29) is 18.2 Å². The summed E-state index contributed by atoms with van der Waals surface area (Å²) < 4.78 is 5.14. The van der Waals surface area contributed by atoms with Crippen LogP contribution in [0.4, 0.5) is 0 Å². The number of pyridine rings is 1. The monoisotopic (exact) mass is 278 g/mol. The molecule has 6 nitrogen and oxygen atoms in total. The number of hydrogen-bond donors (Lipinski definition) is 1. The largest absolute Gasteiger partial charge is 0.494 e. The van der Waals surface area contributed by atoms with Gasteiger partial charge in [-0.1, -0.05) is 0 Å². The number of carboxylic acids is 1. The molecule has 1 amide bonds. The van der Waals surface area contributed by atoms with Gasteiger partial charge in [0.05, 0.1) is 18.9 Å². The van der Waals surface area contributed by atoms with Crippen molar-refractivity contribution in [3.63, 3.8) is 0 Å². The number of hydrogen-bond acceptors (Lipinski definition) is 4. The Kier molecular flexibility index (Phi) is 4.55. The third kappa shape index (κ3) is 3.26. The molecule has 1 saturated heterocycles. The average Bonchev–Trinajstić information content (AvgIpc) is 2.93. The van der Waals surface area contributed by atoms with Crippen LogP contribution in [0, 0.1) is 5.92 Å². The smallest absolute Gasteiger partial charge is 0.303 e. The summed E-state index contributed by atoms with van der Waals surface area (Å²) in [6.45, 7) is 1.27. The van der Waals surface area contributed by atoms with Crippen LogP contribution in [0.3, 0.4) is 0 Å². The van der Waals surface area contributed by atoms with Crippen molar-refractivity contribution in [3.05, 3.63) is 24.0 Å². The van der Waals surface area contributed by atoms with Crippen molar-refractivity contribution in [2.75, 3.05) is 20.2 Å². The minimum absolute atomic E-state index is 0.0814. The summed E-state index contributed by atoms with van der Waals surface area (Å²) in [6.07, 6.45) is 4.71. The van der Waals surface area contributed by atoms with E-state index in [0.29, 0.717) is 30.8 Å². The first-order chi connectivity index (χ1) is 9.61. The van der Waals surface area contributed by atoms with Crippen LogP contribution in [0.2, 0.25) is 0 Å². The number of methoxy groups -OCH3 is 1. The van der Waals surface area contributed by atoms with Crippen LogP contribution in [0.5, 0.6) is 5.75 Å². The molecular weight excluding hydrogens is 260 g/mol. The van der Waals surface area contributed by atoms with E-state index in [1.54, 1.807) is 17.2 Å². The van der Waals surface area contributed by atoms with Gasteiger partial charge in [0.25, 0.3) is 5.91 Å². The fourth-order valence-electron chi connectivity index (χ4n) is 2.47. The van der Waals surface area contributed by atoms with Crippen molar-refractivity contribution >= 4 is 11.9 Å². The Morgan fingerprint density at radius 3 is 3.05 bits per heavy atom. The zero-order chi connectivity index (χ0) is 14.5. The lowest BCUT2D eigenvalue weighted by molar-refractivity contribution is -0.137. The Labute approximate surface area is 117 Å². The molecular formula is C14H18N2O4.